The van der Waals surface area contributed by atoms with E-state index in [9.17, 15) is 31.2 Å². The fraction of sp³-hybridized carbons (Fsp3) is 0.619. The van der Waals surface area contributed by atoms with Gasteiger partial charge >= 0.3 is 12.3 Å². The number of nitrogens with one attached hydrogen (secondary N) is 2. The van der Waals surface area contributed by atoms with Crippen molar-refractivity contribution in [3.05, 3.63) is 29.8 Å². The number of carbonyl (C=O) groups excluding carboxylic acids is 1. The van der Waals surface area contributed by atoms with Crippen LogP contribution in [0.2, 0.25) is 0 Å². The molecule has 3 N–H and O–H groups in total. The molecule has 1 aliphatic heterocycles. The van der Waals surface area contributed by atoms with Gasteiger partial charge in [0, 0.05) is 31.6 Å². The highest BCUT2D eigenvalue weighted by atomic mass is 32.2. The van der Waals surface area contributed by atoms with Gasteiger partial charge < -0.3 is 15.7 Å². The number of nitrogens with zero attached hydrogens (tertiary/aromatic N) is 1. The zero-order valence-electron chi connectivity index (χ0n) is 18.3. The molecule has 0 bridgehead atoms. The smallest absolute Gasteiger partial charge is 0.416 e. The summed E-state index contributed by atoms with van der Waals surface area (Å²) in [6.45, 7) is 3.89. The van der Waals surface area contributed by atoms with Crippen LogP contribution >= 0.6 is 0 Å². The van der Waals surface area contributed by atoms with E-state index in [1.54, 1.807) is 13.8 Å². The van der Waals surface area contributed by atoms with Gasteiger partial charge in [-0.3, -0.25) is 4.79 Å². The first-order chi connectivity index (χ1) is 15.3. The van der Waals surface area contributed by atoms with E-state index in [-0.39, 0.29) is 49.2 Å². The van der Waals surface area contributed by atoms with Crippen molar-refractivity contribution in [2.24, 2.45) is 17.8 Å². The Balaban J connectivity index is 1.67. The maximum absolute atomic E-state index is 13.0. The molecule has 1 aliphatic carbocycles. The number of halogens is 3. The summed E-state index contributed by atoms with van der Waals surface area (Å²) in [6, 6.07) is 2.87. The van der Waals surface area contributed by atoms with Crippen molar-refractivity contribution in [3.8, 4) is 0 Å². The van der Waals surface area contributed by atoms with E-state index in [2.05, 4.69) is 10.6 Å². The molecule has 1 heterocycles. The zero-order valence-corrected chi connectivity index (χ0v) is 19.1. The minimum absolute atomic E-state index is 0.00564. The lowest BCUT2D eigenvalue weighted by Gasteiger charge is -2.24. The second-order valence-electron chi connectivity index (χ2n) is 9.03. The van der Waals surface area contributed by atoms with Gasteiger partial charge in [-0.05, 0) is 48.8 Å². The van der Waals surface area contributed by atoms with Gasteiger partial charge in [-0.1, -0.05) is 19.9 Å². The standard InChI is InChI=1S/C21H28F3N3O5S/c1-12(2)18(26-20(29)30)9-19(28)25-17-7-6-13-10-27(11-16(13)17)33(31,32)15-5-3-4-14(8-15)21(22,23)24/h3-5,8,12-13,16-18,26H,6-7,9-11H2,1-2H3,(H,25,28)(H,29,30)/t13-,16+,17+,18+/m0/s1. The topological polar surface area (TPSA) is 116 Å². The zero-order chi connectivity index (χ0) is 24.6. The molecule has 4 atom stereocenters. The van der Waals surface area contributed by atoms with Gasteiger partial charge in [-0.25, -0.2) is 13.2 Å². The summed E-state index contributed by atoms with van der Waals surface area (Å²) >= 11 is 0. The van der Waals surface area contributed by atoms with Crippen LogP contribution in [0.25, 0.3) is 0 Å². The summed E-state index contributed by atoms with van der Waals surface area (Å²) < 4.78 is 66.3. The fourth-order valence-electron chi connectivity index (χ4n) is 4.66. The van der Waals surface area contributed by atoms with Crippen molar-refractivity contribution in [1.82, 2.24) is 14.9 Å². The van der Waals surface area contributed by atoms with Crippen molar-refractivity contribution < 1.29 is 36.3 Å². The van der Waals surface area contributed by atoms with Gasteiger partial charge in [0.25, 0.3) is 0 Å². The minimum Gasteiger partial charge on any atom is -0.465 e. The molecule has 3 rings (SSSR count). The Labute approximate surface area is 190 Å². The number of hydrogen-bond acceptors (Lipinski definition) is 4. The number of rotatable bonds is 7. The molecule has 0 spiro atoms. The van der Waals surface area contributed by atoms with Crippen molar-refractivity contribution in [2.75, 3.05) is 13.1 Å². The molecule has 1 saturated heterocycles. The van der Waals surface area contributed by atoms with E-state index >= 15 is 0 Å². The third-order valence-electron chi connectivity index (χ3n) is 6.49. The molecule has 2 amide bonds. The van der Waals surface area contributed by atoms with Crippen LogP contribution in [0.3, 0.4) is 0 Å². The van der Waals surface area contributed by atoms with E-state index in [0.29, 0.717) is 18.9 Å². The van der Waals surface area contributed by atoms with Gasteiger partial charge in [-0.15, -0.1) is 0 Å². The van der Waals surface area contributed by atoms with Crippen LogP contribution < -0.4 is 10.6 Å². The summed E-state index contributed by atoms with van der Waals surface area (Å²) in [7, 11) is -4.11. The molecule has 8 nitrogen and oxygen atoms in total. The van der Waals surface area contributed by atoms with Crippen molar-refractivity contribution >= 4 is 22.0 Å². The lowest BCUT2D eigenvalue weighted by Crippen LogP contribution is -2.45. The first kappa shape index (κ1) is 25.3. The Morgan fingerprint density at radius 1 is 1.21 bits per heavy atom. The van der Waals surface area contributed by atoms with E-state index < -0.39 is 38.8 Å². The van der Waals surface area contributed by atoms with Crippen LogP contribution in [-0.2, 0) is 21.0 Å². The van der Waals surface area contributed by atoms with E-state index in [1.165, 1.54) is 4.31 Å². The largest absolute Gasteiger partial charge is 0.465 e. The second kappa shape index (κ2) is 9.49. The lowest BCUT2D eigenvalue weighted by atomic mass is 9.97. The normalized spacial score (nSPS) is 24.5. The van der Waals surface area contributed by atoms with Gasteiger partial charge in [0.15, 0.2) is 0 Å². The van der Waals surface area contributed by atoms with E-state index in [4.69, 9.17) is 5.11 Å². The van der Waals surface area contributed by atoms with Crippen LogP contribution in [0.1, 0.15) is 38.7 Å². The number of benzene rings is 1. The number of hydrogen-bond donors (Lipinski definition) is 3. The van der Waals surface area contributed by atoms with Gasteiger partial charge in [0.1, 0.15) is 0 Å². The number of fused-ring (bicyclic) bond motifs is 1. The highest BCUT2D eigenvalue weighted by molar-refractivity contribution is 7.89. The van der Waals surface area contributed by atoms with Crippen LogP contribution in [0, 0.1) is 17.8 Å². The Morgan fingerprint density at radius 3 is 2.52 bits per heavy atom. The van der Waals surface area contributed by atoms with E-state index in [0.717, 1.165) is 18.2 Å². The molecule has 12 heteroatoms. The van der Waals surface area contributed by atoms with Crippen molar-refractivity contribution in [1.29, 1.82) is 0 Å². The number of amides is 2. The molecule has 0 unspecified atom stereocenters. The maximum atomic E-state index is 13.0. The average molecular weight is 492 g/mol. The lowest BCUT2D eigenvalue weighted by molar-refractivity contribution is -0.137. The summed E-state index contributed by atoms with van der Waals surface area (Å²) in [6.07, 6.45) is -4.55. The second-order valence-corrected chi connectivity index (χ2v) is 11.0. The molecule has 1 aromatic rings. The summed E-state index contributed by atoms with van der Waals surface area (Å²) in [4.78, 5) is 23.1. The first-order valence-corrected chi connectivity index (χ1v) is 12.2. The molecular weight excluding hydrogens is 463 g/mol. The highest BCUT2D eigenvalue weighted by Gasteiger charge is 2.47. The predicted molar refractivity (Wildman–Crippen MR) is 113 cm³/mol. The van der Waals surface area contributed by atoms with Gasteiger partial charge in [0.05, 0.1) is 10.5 Å². The molecule has 2 aliphatic rings. The first-order valence-electron chi connectivity index (χ1n) is 10.7. The maximum Gasteiger partial charge on any atom is 0.416 e. The molecule has 33 heavy (non-hydrogen) atoms. The molecule has 1 saturated carbocycles. The van der Waals surface area contributed by atoms with Gasteiger partial charge in [0.2, 0.25) is 15.9 Å². The van der Waals surface area contributed by atoms with Gasteiger partial charge in [-0.2, -0.15) is 17.5 Å². The number of carbonyl (C=O) groups is 2. The molecular formula is C21H28F3N3O5S. The van der Waals surface area contributed by atoms with Crippen molar-refractivity contribution in [3.63, 3.8) is 0 Å². The van der Waals surface area contributed by atoms with Crippen LogP contribution in [0.15, 0.2) is 29.2 Å². The SMILES string of the molecule is CC(C)[C@@H](CC(=O)N[C@@H]1CC[C@H]2CN(S(=O)(=O)c3cccc(C(F)(F)F)c3)C[C@H]21)NC(=O)O. The summed E-state index contributed by atoms with van der Waals surface area (Å²) in [5.74, 6) is -0.580. The number of sulfonamides is 1. The summed E-state index contributed by atoms with van der Waals surface area (Å²) in [5, 5.41) is 14.2. The molecule has 0 radical (unpaired) electrons. The Hall–Kier alpha value is -2.34. The van der Waals surface area contributed by atoms with Crippen LogP contribution in [0.4, 0.5) is 18.0 Å². The highest BCUT2D eigenvalue weighted by Crippen LogP contribution is 2.40. The fourth-order valence-corrected chi connectivity index (χ4v) is 6.24. The molecule has 184 valence electrons. The average Bonchev–Trinajstić information content (AvgIpc) is 3.29. The molecule has 1 aromatic carbocycles. The van der Waals surface area contributed by atoms with E-state index in [1.807, 2.05) is 0 Å². The Bertz CT molecular complexity index is 999. The number of carboxylic acid groups (broad SMARTS) is 1. The minimum atomic E-state index is -4.65. The quantitative estimate of drug-likeness (QED) is 0.543. The van der Waals surface area contributed by atoms with Crippen LogP contribution in [0.5, 0.6) is 0 Å². The summed E-state index contributed by atoms with van der Waals surface area (Å²) in [5.41, 5.74) is -1.03. The van der Waals surface area contributed by atoms with Crippen LogP contribution in [-0.4, -0.2) is 55.0 Å². The Kier molecular flexibility index (Phi) is 7.27. The number of alkyl halides is 3. The third kappa shape index (κ3) is 5.78. The predicted octanol–water partition coefficient (Wildman–Crippen LogP) is 2.90. The molecule has 0 aromatic heterocycles. The third-order valence-corrected chi connectivity index (χ3v) is 8.32. The monoisotopic (exact) mass is 491 g/mol. The molecule has 2 fully saturated rings. The Morgan fingerprint density at radius 2 is 1.91 bits per heavy atom. The van der Waals surface area contributed by atoms with Crippen molar-refractivity contribution in [2.45, 2.75) is 56.3 Å².